The van der Waals surface area contributed by atoms with Crippen LogP contribution < -0.4 is 5.32 Å². The first-order valence-corrected chi connectivity index (χ1v) is 5.63. The highest BCUT2D eigenvalue weighted by Crippen LogP contribution is 2.15. The van der Waals surface area contributed by atoms with Gasteiger partial charge in [0.1, 0.15) is 10.4 Å². The number of pyridine rings is 1. The Hall–Kier alpha value is -1.75. The monoisotopic (exact) mass is 294 g/mol. The van der Waals surface area contributed by atoms with Gasteiger partial charge >= 0.3 is 0 Å². The lowest BCUT2D eigenvalue weighted by atomic mass is 10.2. The molecule has 1 aromatic carbocycles. The largest absolute Gasteiger partial charge is 0.322 e. The highest BCUT2D eigenvalue weighted by Gasteiger charge is 2.10. The zero-order chi connectivity index (χ0) is 12.3. The Bertz CT molecular complexity index is 560. The summed E-state index contributed by atoms with van der Waals surface area (Å²) >= 11 is 3.18. The van der Waals surface area contributed by atoms with Gasteiger partial charge in [-0.2, -0.15) is 0 Å². The van der Waals surface area contributed by atoms with Gasteiger partial charge in [0.15, 0.2) is 0 Å². The van der Waals surface area contributed by atoms with Crippen LogP contribution in [0.3, 0.4) is 0 Å². The van der Waals surface area contributed by atoms with E-state index < -0.39 is 5.82 Å². The van der Waals surface area contributed by atoms with Crippen LogP contribution >= 0.6 is 15.9 Å². The van der Waals surface area contributed by atoms with E-state index >= 15 is 0 Å². The Morgan fingerprint density at radius 3 is 2.82 bits per heavy atom. The quantitative estimate of drug-likeness (QED) is 0.864. The molecule has 0 atom stereocenters. The van der Waals surface area contributed by atoms with Crippen molar-refractivity contribution in [3.8, 4) is 0 Å². The predicted octanol–water partition coefficient (Wildman–Crippen LogP) is 3.24. The Morgan fingerprint density at radius 2 is 2.12 bits per heavy atom. The van der Waals surface area contributed by atoms with Crippen LogP contribution in [0.15, 0.2) is 47.2 Å². The minimum absolute atomic E-state index is 0.337. The molecule has 1 aromatic heterocycles. The van der Waals surface area contributed by atoms with Crippen molar-refractivity contribution in [3.63, 3.8) is 0 Å². The number of carbonyl (C=O) groups is 1. The van der Waals surface area contributed by atoms with Gasteiger partial charge in [0.05, 0.1) is 5.56 Å². The topological polar surface area (TPSA) is 42.0 Å². The van der Waals surface area contributed by atoms with Crippen molar-refractivity contribution in [2.75, 3.05) is 5.32 Å². The molecule has 1 amide bonds. The molecule has 0 unspecified atom stereocenters. The number of hydrogen-bond acceptors (Lipinski definition) is 2. The number of anilines is 1. The van der Waals surface area contributed by atoms with Crippen molar-refractivity contribution < 1.29 is 9.18 Å². The number of nitrogens with one attached hydrogen (secondary N) is 1. The third-order valence-corrected chi connectivity index (χ3v) is 2.72. The van der Waals surface area contributed by atoms with Crippen molar-refractivity contribution in [3.05, 3.63) is 58.6 Å². The van der Waals surface area contributed by atoms with Crippen molar-refractivity contribution in [2.24, 2.45) is 0 Å². The second kappa shape index (κ2) is 5.05. The first kappa shape index (κ1) is 11.7. The van der Waals surface area contributed by atoms with E-state index in [2.05, 4.69) is 26.2 Å². The van der Waals surface area contributed by atoms with Crippen LogP contribution in [0.2, 0.25) is 0 Å². The molecule has 0 aliphatic rings. The number of benzene rings is 1. The molecule has 0 radical (unpaired) electrons. The second-order valence-corrected chi connectivity index (χ2v) is 4.06. The summed E-state index contributed by atoms with van der Waals surface area (Å²) in [6, 6.07) is 9.00. The summed E-state index contributed by atoms with van der Waals surface area (Å²) in [6.45, 7) is 0. The van der Waals surface area contributed by atoms with Gasteiger partial charge in [-0.15, -0.1) is 0 Å². The lowest BCUT2D eigenvalue weighted by Gasteiger charge is -2.05. The summed E-state index contributed by atoms with van der Waals surface area (Å²) < 4.78 is 13.4. The Kier molecular flexibility index (Phi) is 3.49. The average Bonchev–Trinajstić information content (AvgIpc) is 2.29. The minimum Gasteiger partial charge on any atom is -0.322 e. The molecule has 1 N–H and O–H groups in total. The third-order valence-electron chi connectivity index (χ3n) is 2.09. The maximum absolute atomic E-state index is 12.9. The van der Waals surface area contributed by atoms with Gasteiger partial charge in [-0.05, 0) is 46.3 Å². The van der Waals surface area contributed by atoms with Crippen LogP contribution in [0.25, 0.3) is 0 Å². The number of hydrogen-bond donors (Lipinski definition) is 1. The van der Waals surface area contributed by atoms with E-state index in [-0.39, 0.29) is 5.91 Å². The van der Waals surface area contributed by atoms with Crippen LogP contribution in [-0.2, 0) is 0 Å². The van der Waals surface area contributed by atoms with E-state index in [0.717, 1.165) is 0 Å². The van der Waals surface area contributed by atoms with Crippen molar-refractivity contribution >= 4 is 27.5 Å². The van der Waals surface area contributed by atoms with Crippen molar-refractivity contribution in [1.29, 1.82) is 0 Å². The van der Waals surface area contributed by atoms with Crippen LogP contribution in [0, 0.1) is 5.82 Å². The Morgan fingerprint density at radius 1 is 1.29 bits per heavy atom. The summed E-state index contributed by atoms with van der Waals surface area (Å²) in [5, 5.41) is 2.59. The molecule has 2 aromatic rings. The first-order chi connectivity index (χ1) is 8.16. The number of nitrogens with zero attached hydrogens (tertiary/aromatic N) is 1. The van der Waals surface area contributed by atoms with Crippen LogP contribution in [-0.4, -0.2) is 10.9 Å². The van der Waals surface area contributed by atoms with Crippen molar-refractivity contribution in [1.82, 2.24) is 4.98 Å². The lowest BCUT2D eigenvalue weighted by molar-refractivity contribution is 0.102. The summed E-state index contributed by atoms with van der Waals surface area (Å²) in [6.07, 6.45) is 1.57. The van der Waals surface area contributed by atoms with Gasteiger partial charge in [-0.25, -0.2) is 9.37 Å². The molecular formula is C12H8BrFN2O. The molecule has 0 aliphatic carbocycles. The fourth-order valence-corrected chi connectivity index (χ4v) is 1.75. The summed E-state index contributed by atoms with van der Waals surface area (Å²) in [5.41, 5.74) is 0.808. The Balaban J connectivity index is 2.20. The Labute approximate surface area is 106 Å². The second-order valence-electron chi connectivity index (χ2n) is 3.31. The highest BCUT2D eigenvalue weighted by atomic mass is 79.9. The molecule has 1 heterocycles. The molecule has 0 aliphatic heterocycles. The zero-order valence-corrected chi connectivity index (χ0v) is 10.2. The van der Waals surface area contributed by atoms with Gasteiger partial charge in [0.2, 0.25) is 0 Å². The van der Waals surface area contributed by atoms with E-state index in [0.29, 0.717) is 15.9 Å². The van der Waals surface area contributed by atoms with E-state index in [1.165, 1.54) is 18.2 Å². The van der Waals surface area contributed by atoms with E-state index in [1.54, 1.807) is 24.4 Å². The van der Waals surface area contributed by atoms with Gasteiger partial charge < -0.3 is 5.32 Å². The maximum Gasteiger partial charge on any atom is 0.258 e. The molecular weight excluding hydrogens is 287 g/mol. The molecule has 0 saturated heterocycles. The molecule has 0 saturated carbocycles. The fraction of sp³-hybridized carbons (Fsp3) is 0. The van der Waals surface area contributed by atoms with E-state index in [9.17, 15) is 9.18 Å². The normalized spacial score (nSPS) is 10.0. The third kappa shape index (κ3) is 2.88. The maximum atomic E-state index is 12.9. The molecule has 0 bridgehead atoms. The van der Waals surface area contributed by atoms with Gasteiger partial charge in [0, 0.05) is 11.9 Å². The number of carbonyl (C=O) groups excluding carboxylic acids is 1. The molecule has 0 spiro atoms. The van der Waals surface area contributed by atoms with Crippen LogP contribution in [0.1, 0.15) is 10.4 Å². The minimum atomic E-state index is -0.395. The van der Waals surface area contributed by atoms with Crippen LogP contribution in [0.5, 0.6) is 0 Å². The van der Waals surface area contributed by atoms with Gasteiger partial charge in [-0.1, -0.05) is 6.07 Å². The first-order valence-electron chi connectivity index (χ1n) is 4.84. The molecule has 0 fully saturated rings. The number of rotatable bonds is 2. The smallest absolute Gasteiger partial charge is 0.258 e. The lowest BCUT2D eigenvalue weighted by Crippen LogP contribution is -2.13. The number of halogens is 2. The molecule has 5 heteroatoms. The number of aromatic nitrogens is 1. The average molecular weight is 295 g/mol. The van der Waals surface area contributed by atoms with E-state index in [4.69, 9.17) is 0 Å². The molecule has 17 heavy (non-hydrogen) atoms. The van der Waals surface area contributed by atoms with Crippen molar-refractivity contribution in [2.45, 2.75) is 0 Å². The summed E-state index contributed by atoms with van der Waals surface area (Å²) in [5.74, 6) is -0.733. The molecule has 3 nitrogen and oxygen atoms in total. The zero-order valence-electron chi connectivity index (χ0n) is 8.65. The highest BCUT2D eigenvalue weighted by molar-refractivity contribution is 9.10. The standard InChI is InChI=1S/C12H8BrFN2O/c13-11-10(5-2-6-15-11)12(17)16-9-4-1-3-8(14)7-9/h1-7H,(H,16,17). The fourth-order valence-electron chi connectivity index (χ4n) is 1.32. The summed E-state index contributed by atoms with van der Waals surface area (Å²) in [4.78, 5) is 15.8. The predicted molar refractivity (Wildman–Crippen MR) is 66.3 cm³/mol. The molecule has 2 rings (SSSR count). The van der Waals surface area contributed by atoms with Gasteiger partial charge in [0.25, 0.3) is 5.91 Å². The van der Waals surface area contributed by atoms with Gasteiger partial charge in [-0.3, -0.25) is 4.79 Å². The van der Waals surface area contributed by atoms with E-state index in [1.807, 2.05) is 0 Å². The number of amides is 1. The summed E-state index contributed by atoms with van der Waals surface area (Å²) in [7, 11) is 0. The van der Waals surface area contributed by atoms with Crippen LogP contribution in [0.4, 0.5) is 10.1 Å². The molecule has 86 valence electrons. The SMILES string of the molecule is O=C(Nc1cccc(F)c1)c1cccnc1Br.